The highest BCUT2D eigenvalue weighted by atomic mass is 19.1. The summed E-state index contributed by atoms with van der Waals surface area (Å²) in [5.74, 6) is -2.75. The van der Waals surface area contributed by atoms with E-state index < -0.39 is 23.6 Å². The lowest BCUT2D eigenvalue weighted by Crippen LogP contribution is -2.64. The van der Waals surface area contributed by atoms with Gasteiger partial charge in [0.2, 0.25) is 6.41 Å². The van der Waals surface area contributed by atoms with Crippen LogP contribution in [0, 0.1) is 0 Å². The molecule has 1 fully saturated rings. The van der Waals surface area contributed by atoms with Gasteiger partial charge in [-0.2, -0.15) is 0 Å². The van der Waals surface area contributed by atoms with Crippen molar-refractivity contribution in [3.05, 3.63) is 0 Å². The second-order valence-corrected chi connectivity index (χ2v) is 4.09. The van der Waals surface area contributed by atoms with Gasteiger partial charge in [0, 0.05) is 6.54 Å². The first-order valence-electron chi connectivity index (χ1n) is 6.34. The molecule has 0 radical (unpaired) electrons. The number of carbonyl (C=O) groups excluding carboxylic acids is 3. The number of hydrogen-bond donors (Lipinski definition) is 0. The Bertz CT molecular complexity index is 357. The van der Waals surface area contributed by atoms with Crippen molar-refractivity contribution < 1.29 is 33.0 Å². The number of alkyl halides is 1. The number of halogens is 1. The number of hydrogen-bond acceptors (Lipinski definition) is 6. The fraction of sp³-hybridized carbons (Fsp3) is 0.750. The minimum Gasteiger partial charge on any atom is -0.463 e. The van der Waals surface area contributed by atoms with Crippen molar-refractivity contribution in [3.8, 4) is 0 Å². The SMILES string of the molecule is CCOC(=O)C(F)(C(=O)OCC)C1COCCN1C=O. The summed E-state index contributed by atoms with van der Waals surface area (Å²) in [7, 11) is 0. The van der Waals surface area contributed by atoms with Gasteiger partial charge in [-0.1, -0.05) is 0 Å². The lowest BCUT2D eigenvalue weighted by molar-refractivity contribution is -0.186. The van der Waals surface area contributed by atoms with Crippen LogP contribution in [0.15, 0.2) is 0 Å². The lowest BCUT2D eigenvalue weighted by Gasteiger charge is -2.38. The van der Waals surface area contributed by atoms with Crippen LogP contribution in [0.2, 0.25) is 0 Å². The van der Waals surface area contributed by atoms with Gasteiger partial charge in [0.05, 0.1) is 26.4 Å². The summed E-state index contributed by atoms with van der Waals surface area (Å²) in [6.07, 6.45) is 0.375. The molecule has 7 nitrogen and oxygen atoms in total. The topological polar surface area (TPSA) is 82.1 Å². The Labute approximate surface area is 115 Å². The molecule has 1 aliphatic rings. The molecule has 1 aliphatic heterocycles. The molecule has 0 bridgehead atoms. The summed E-state index contributed by atoms with van der Waals surface area (Å²) in [4.78, 5) is 35.7. The summed E-state index contributed by atoms with van der Waals surface area (Å²) in [6.45, 7) is 2.77. The predicted octanol–water partition coefficient (Wildman–Crippen LogP) is -0.322. The molecule has 1 rings (SSSR count). The number of rotatable bonds is 6. The fourth-order valence-corrected chi connectivity index (χ4v) is 1.91. The molecule has 0 aliphatic carbocycles. The molecule has 1 saturated heterocycles. The molecule has 1 amide bonds. The van der Waals surface area contributed by atoms with Crippen molar-refractivity contribution in [3.63, 3.8) is 0 Å². The van der Waals surface area contributed by atoms with Crippen LogP contribution in [0.3, 0.4) is 0 Å². The Morgan fingerprint density at radius 1 is 1.35 bits per heavy atom. The number of carbonyl (C=O) groups is 3. The van der Waals surface area contributed by atoms with Crippen LogP contribution >= 0.6 is 0 Å². The first-order chi connectivity index (χ1) is 9.52. The Hall–Kier alpha value is -1.70. The van der Waals surface area contributed by atoms with Gasteiger partial charge in [0.15, 0.2) is 0 Å². The molecule has 0 N–H and O–H groups in total. The minimum absolute atomic E-state index is 0.0820. The zero-order valence-corrected chi connectivity index (χ0v) is 11.5. The predicted molar refractivity (Wildman–Crippen MR) is 64.5 cm³/mol. The van der Waals surface area contributed by atoms with Gasteiger partial charge < -0.3 is 19.1 Å². The molecular weight excluding hydrogens is 273 g/mol. The van der Waals surface area contributed by atoms with Gasteiger partial charge in [0.25, 0.3) is 0 Å². The quantitative estimate of drug-likeness (QED) is 0.379. The van der Waals surface area contributed by atoms with Crippen molar-refractivity contribution in [2.75, 3.05) is 33.0 Å². The van der Waals surface area contributed by atoms with Gasteiger partial charge in [-0.05, 0) is 13.8 Å². The molecule has 0 aromatic carbocycles. The summed E-state index contributed by atoms with van der Waals surface area (Å²) < 4.78 is 29.3. The average Bonchev–Trinajstić information content (AvgIpc) is 2.46. The van der Waals surface area contributed by atoms with Crippen LogP contribution in [0.4, 0.5) is 4.39 Å². The monoisotopic (exact) mass is 291 g/mol. The van der Waals surface area contributed by atoms with Crippen molar-refractivity contribution in [2.24, 2.45) is 0 Å². The molecule has 0 aromatic rings. The van der Waals surface area contributed by atoms with Gasteiger partial charge in [-0.3, -0.25) is 4.79 Å². The van der Waals surface area contributed by atoms with E-state index in [0.29, 0.717) is 6.41 Å². The van der Waals surface area contributed by atoms with E-state index in [1.54, 1.807) is 0 Å². The van der Waals surface area contributed by atoms with E-state index in [-0.39, 0.29) is 33.0 Å². The Morgan fingerprint density at radius 3 is 2.35 bits per heavy atom. The van der Waals surface area contributed by atoms with Crippen LogP contribution in [0.1, 0.15) is 13.8 Å². The van der Waals surface area contributed by atoms with Crippen molar-refractivity contribution in [2.45, 2.75) is 25.6 Å². The maximum atomic E-state index is 15.0. The summed E-state index contributed by atoms with van der Waals surface area (Å²) in [6, 6.07) is -1.40. The number of ether oxygens (including phenoxy) is 3. The van der Waals surface area contributed by atoms with Crippen LogP contribution in [0.25, 0.3) is 0 Å². The third-order valence-corrected chi connectivity index (χ3v) is 2.91. The van der Waals surface area contributed by atoms with Crippen molar-refractivity contribution >= 4 is 18.3 Å². The largest absolute Gasteiger partial charge is 0.463 e. The first kappa shape index (κ1) is 16.4. The third-order valence-electron chi connectivity index (χ3n) is 2.91. The van der Waals surface area contributed by atoms with E-state index in [1.165, 1.54) is 13.8 Å². The first-order valence-corrected chi connectivity index (χ1v) is 6.34. The van der Waals surface area contributed by atoms with E-state index in [0.717, 1.165) is 4.90 Å². The van der Waals surface area contributed by atoms with E-state index in [9.17, 15) is 14.4 Å². The van der Waals surface area contributed by atoms with E-state index in [2.05, 4.69) is 9.47 Å². The van der Waals surface area contributed by atoms with Crippen molar-refractivity contribution in [1.82, 2.24) is 4.90 Å². The molecule has 1 unspecified atom stereocenters. The van der Waals surface area contributed by atoms with Crippen LogP contribution in [0.5, 0.6) is 0 Å². The van der Waals surface area contributed by atoms with Gasteiger partial charge in [-0.25, -0.2) is 14.0 Å². The highest BCUT2D eigenvalue weighted by molar-refractivity contribution is 6.04. The number of morpholine rings is 1. The minimum atomic E-state index is -3.09. The molecule has 0 aromatic heterocycles. The lowest BCUT2D eigenvalue weighted by atomic mass is 9.94. The number of amides is 1. The zero-order valence-electron chi connectivity index (χ0n) is 11.5. The van der Waals surface area contributed by atoms with Gasteiger partial charge in [0.1, 0.15) is 6.04 Å². The van der Waals surface area contributed by atoms with Crippen molar-refractivity contribution in [1.29, 1.82) is 0 Å². The fourth-order valence-electron chi connectivity index (χ4n) is 1.91. The summed E-state index contributed by atoms with van der Waals surface area (Å²) in [5, 5.41) is 0. The Kier molecular flexibility index (Phi) is 5.87. The number of nitrogens with zero attached hydrogens (tertiary/aromatic N) is 1. The van der Waals surface area contributed by atoms with Crippen LogP contribution in [-0.4, -0.2) is 67.9 Å². The average molecular weight is 291 g/mol. The highest BCUT2D eigenvalue weighted by Crippen LogP contribution is 2.27. The van der Waals surface area contributed by atoms with E-state index in [4.69, 9.17) is 4.74 Å². The third kappa shape index (κ3) is 3.06. The summed E-state index contributed by atoms with van der Waals surface area (Å²) in [5.41, 5.74) is -3.09. The van der Waals surface area contributed by atoms with Gasteiger partial charge in [-0.15, -0.1) is 0 Å². The van der Waals surface area contributed by atoms with E-state index in [1.807, 2.05) is 0 Å². The smallest absolute Gasteiger partial charge is 0.358 e. The maximum Gasteiger partial charge on any atom is 0.358 e. The Morgan fingerprint density at radius 2 is 1.90 bits per heavy atom. The maximum absolute atomic E-state index is 15.0. The second kappa shape index (κ2) is 7.18. The standard InChI is InChI=1S/C12H18FNO6/c1-3-19-10(16)12(13,11(17)20-4-2)9-7-18-6-5-14(9)8-15/h8-9H,3-7H2,1-2H3. The van der Waals surface area contributed by atoms with Crippen LogP contribution in [-0.2, 0) is 28.6 Å². The zero-order chi connectivity index (χ0) is 15.2. The molecular formula is C12H18FNO6. The molecule has 1 atom stereocenters. The molecule has 114 valence electrons. The molecule has 1 heterocycles. The number of esters is 2. The molecule has 20 heavy (non-hydrogen) atoms. The van der Waals surface area contributed by atoms with Gasteiger partial charge >= 0.3 is 17.6 Å². The normalized spacial score (nSPS) is 19.4. The Balaban J connectivity index is 3.10. The van der Waals surface area contributed by atoms with Crippen LogP contribution < -0.4 is 0 Å². The molecule has 8 heteroatoms. The highest BCUT2D eigenvalue weighted by Gasteiger charge is 2.59. The second-order valence-electron chi connectivity index (χ2n) is 4.09. The molecule has 0 saturated carbocycles. The summed E-state index contributed by atoms with van der Waals surface area (Å²) >= 11 is 0. The molecule has 0 spiro atoms. The van der Waals surface area contributed by atoms with E-state index >= 15 is 4.39 Å².